The summed E-state index contributed by atoms with van der Waals surface area (Å²) >= 11 is 5.54. The Morgan fingerprint density at radius 1 is 1.29 bits per heavy atom. The van der Waals surface area contributed by atoms with Gasteiger partial charge in [-0.1, -0.05) is 30.3 Å². The molecule has 4 heteroatoms. The quantitative estimate of drug-likeness (QED) is 0.580. The largest absolute Gasteiger partial charge is 0.394 e. The van der Waals surface area contributed by atoms with E-state index in [0.717, 1.165) is 18.4 Å². The number of amides is 1. The van der Waals surface area contributed by atoms with Gasteiger partial charge >= 0.3 is 0 Å². The Kier molecular flexibility index (Phi) is 6.67. The van der Waals surface area contributed by atoms with Gasteiger partial charge in [-0.2, -0.15) is 0 Å². The van der Waals surface area contributed by atoms with Gasteiger partial charge in [0.1, 0.15) is 0 Å². The van der Waals surface area contributed by atoms with Gasteiger partial charge in [0.2, 0.25) is 5.91 Å². The molecule has 1 rings (SSSR count). The number of carbonyl (C=O) groups is 1. The zero-order valence-electron chi connectivity index (χ0n) is 9.73. The Labute approximate surface area is 107 Å². The molecule has 0 aliphatic rings. The minimum Gasteiger partial charge on any atom is -0.394 e. The lowest BCUT2D eigenvalue weighted by Crippen LogP contribution is -2.30. The first-order valence-electron chi connectivity index (χ1n) is 5.79. The second-order valence-corrected chi connectivity index (χ2v) is 4.24. The van der Waals surface area contributed by atoms with E-state index < -0.39 is 0 Å². The number of rotatable bonds is 7. The fourth-order valence-corrected chi connectivity index (χ4v) is 1.76. The van der Waals surface area contributed by atoms with Gasteiger partial charge in [0.25, 0.3) is 0 Å². The van der Waals surface area contributed by atoms with Gasteiger partial charge in [-0.05, 0) is 18.4 Å². The van der Waals surface area contributed by atoms with E-state index in [0.29, 0.717) is 12.3 Å². The van der Waals surface area contributed by atoms with Crippen LogP contribution in [0.25, 0.3) is 0 Å². The molecular weight excluding hydrogens is 238 g/mol. The number of alkyl halides is 1. The monoisotopic (exact) mass is 255 g/mol. The molecule has 0 aliphatic carbocycles. The minimum atomic E-state index is -0.320. The molecule has 0 saturated heterocycles. The van der Waals surface area contributed by atoms with Gasteiger partial charge in [-0.15, -0.1) is 11.6 Å². The van der Waals surface area contributed by atoms with E-state index in [1.807, 2.05) is 30.3 Å². The van der Waals surface area contributed by atoms with Crippen molar-refractivity contribution < 1.29 is 9.90 Å². The fourth-order valence-electron chi connectivity index (χ4n) is 1.57. The van der Waals surface area contributed by atoms with Crippen molar-refractivity contribution in [3.63, 3.8) is 0 Å². The van der Waals surface area contributed by atoms with Crippen molar-refractivity contribution in [2.24, 2.45) is 0 Å². The summed E-state index contributed by atoms with van der Waals surface area (Å²) in [5, 5.41) is 12.1. The Morgan fingerprint density at radius 2 is 2.00 bits per heavy atom. The second kappa shape index (κ2) is 8.09. The van der Waals surface area contributed by atoms with Crippen LogP contribution in [0.1, 0.15) is 30.9 Å². The maximum absolute atomic E-state index is 11.6. The van der Waals surface area contributed by atoms with Crippen molar-refractivity contribution in [1.82, 2.24) is 5.32 Å². The van der Waals surface area contributed by atoms with Crippen LogP contribution in [0.4, 0.5) is 0 Å². The van der Waals surface area contributed by atoms with Crippen molar-refractivity contribution >= 4 is 17.5 Å². The highest BCUT2D eigenvalue weighted by molar-refractivity contribution is 6.17. The minimum absolute atomic E-state index is 0.0435. The zero-order valence-corrected chi connectivity index (χ0v) is 10.5. The summed E-state index contributed by atoms with van der Waals surface area (Å²) in [6.45, 7) is -0.0920. The maximum Gasteiger partial charge on any atom is 0.220 e. The van der Waals surface area contributed by atoms with Crippen LogP contribution in [0.5, 0.6) is 0 Å². The summed E-state index contributed by atoms with van der Waals surface area (Å²) < 4.78 is 0. The molecule has 0 radical (unpaired) electrons. The predicted octanol–water partition coefficient (Wildman–Crippen LogP) is 2.25. The Hall–Kier alpha value is -1.06. The molecule has 0 aromatic heterocycles. The van der Waals surface area contributed by atoms with Crippen molar-refractivity contribution in [2.45, 2.75) is 25.3 Å². The van der Waals surface area contributed by atoms with E-state index in [9.17, 15) is 9.90 Å². The molecule has 0 unspecified atom stereocenters. The van der Waals surface area contributed by atoms with Crippen LogP contribution >= 0.6 is 11.6 Å². The highest BCUT2D eigenvalue weighted by atomic mass is 35.5. The molecule has 0 spiro atoms. The van der Waals surface area contributed by atoms with E-state index in [4.69, 9.17) is 11.6 Å². The Balaban J connectivity index is 2.44. The molecule has 1 aromatic rings. The van der Waals surface area contributed by atoms with Crippen molar-refractivity contribution in [2.75, 3.05) is 12.5 Å². The van der Waals surface area contributed by atoms with E-state index in [1.54, 1.807) is 0 Å². The molecule has 94 valence electrons. The SMILES string of the molecule is O=C(CCCCCl)N[C@H](CO)c1ccccc1. The fraction of sp³-hybridized carbons (Fsp3) is 0.462. The summed E-state index contributed by atoms with van der Waals surface area (Å²) in [6, 6.07) is 9.13. The van der Waals surface area contributed by atoms with Crippen LogP contribution in [0.15, 0.2) is 30.3 Å². The first-order valence-corrected chi connectivity index (χ1v) is 6.32. The molecule has 0 fully saturated rings. The van der Waals surface area contributed by atoms with Crippen molar-refractivity contribution in [3.05, 3.63) is 35.9 Å². The van der Waals surface area contributed by atoms with Gasteiger partial charge in [-0.25, -0.2) is 0 Å². The van der Waals surface area contributed by atoms with Crippen LogP contribution in [0, 0.1) is 0 Å². The Bertz CT molecular complexity index is 329. The molecule has 1 atom stereocenters. The average Bonchev–Trinajstić information content (AvgIpc) is 2.37. The van der Waals surface area contributed by atoms with Gasteiger partial charge in [0.15, 0.2) is 0 Å². The first kappa shape index (κ1) is 14.0. The highest BCUT2D eigenvalue weighted by Gasteiger charge is 2.12. The molecule has 0 saturated carbocycles. The summed E-state index contributed by atoms with van der Waals surface area (Å²) in [7, 11) is 0. The van der Waals surface area contributed by atoms with Crippen molar-refractivity contribution in [3.8, 4) is 0 Å². The molecule has 2 N–H and O–H groups in total. The standard InChI is InChI=1S/C13H18ClNO2/c14-9-5-4-8-13(17)15-12(10-16)11-6-2-1-3-7-11/h1-3,6-7,12,16H,4-5,8-10H2,(H,15,17)/t12-/m1/s1. The van der Waals surface area contributed by atoms with Gasteiger partial charge in [-0.3, -0.25) is 4.79 Å². The smallest absolute Gasteiger partial charge is 0.220 e. The predicted molar refractivity (Wildman–Crippen MR) is 69.0 cm³/mol. The van der Waals surface area contributed by atoms with Crippen LogP contribution in [0.3, 0.4) is 0 Å². The third-order valence-corrected chi connectivity index (χ3v) is 2.77. The number of hydrogen-bond donors (Lipinski definition) is 2. The summed E-state index contributed by atoms with van der Waals surface area (Å²) in [6.07, 6.45) is 2.07. The number of halogens is 1. The highest BCUT2D eigenvalue weighted by Crippen LogP contribution is 2.12. The number of nitrogens with one attached hydrogen (secondary N) is 1. The number of hydrogen-bond acceptors (Lipinski definition) is 2. The number of benzene rings is 1. The maximum atomic E-state index is 11.6. The van der Waals surface area contributed by atoms with Crippen LogP contribution in [-0.2, 0) is 4.79 Å². The number of unbranched alkanes of at least 4 members (excludes halogenated alkanes) is 1. The first-order chi connectivity index (χ1) is 8.27. The molecule has 0 bridgehead atoms. The third kappa shape index (κ3) is 5.20. The zero-order chi connectivity index (χ0) is 12.5. The molecule has 17 heavy (non-hydrogen) atoms. The Morgan fingerprint density at radius 3 is 2.59 bits per heavy atom. The molecule has 0 heterocycles. The molecule has 1 amide bonds. The summed E-state index contributed by atoms with van der Waals surface area (Å²) in [5.74, 6) is 0.535. The van der Waals surface area contributed by atoms with E-state index in [1.165, 1.54) is 0 Å². The molecule has 1 aromatic carbocycles. The lowest BCUT2D eigenvalue weighted by molar-refractivity contribution is -0.122. The molecule has 0 aliphatic heterocycles. The van der Waals surface area contributed by atoms with Crippen LogP contribution < -0.4 is 5.32 Å². The van der Waals surface area contributed by atoms with Crippen LogP contribution in [0.2, 0.25) is 0 Å². The lowest BCUT2D eigenvalue weighted by atomic mass is 10.1. The van der Waals surface area contributed by atoms with E-state index in [2.05, 4.69) is 5.32 Å². The lowest BCUT2D eigenvalue weighted by Gasteiger charge is -2.16. The molecule has 3 nitrogen and oxygen atoms in total. The topological polar surface area (TPSA) is 49.3 Å². The second-order valence-electron chi connectivity index (χ2n) is 3.86. The van der Waals surface area contributed by atoms with Crippen LogP contribution in [-0.4, -0.2) is 23.5 Å². The summed E-state index contributed by atoms with van der Waals surface area (Å²) in [5.41, 5.74) is 0.917. The normalized spacial score (nSPS) is 12.1. The van der Waals surface area contributed by atoms with Gasteiger partial charge in [0, 0.05) is 12.3 Å². The number of aliphatic hydroxyl groups excluding tert-OH is 1. The average molecular weight is 256 g/mol. The molecular formula is C13H18ClNO2. The van der Waals surface area contributed by atoms with Crippen molar-refractivity contribution in [1.29, 1.82) is 0 Å². The van der Waals surface area contributed by atoms with Gasteiger partial charge in [0.05, 0.1) is 12.6 Å². The van der Waals surface area contributed by atoms with Gasteiger partial charge < -0.3 is 10.4 Å². The summed E-state index contributed by atoms with van der Waals surface area (Å²) in [4.78, 5) is 11.6. The number of aliphatic hydroxyl groups is 1. The third-order valence-electron chi connectivity index (χ3n) is 2.51. The number of carbonyl (C=O) groups excluding carboxylic acids is 1. The van der Waals surface area contributed by atoms with E-state index in [-0.39, 0.29) is 18.6 Å². The van der Waals surface area contributed by atoms with E-state index >= 15 is 0 Å².